The zero-order valence-electron chi connectivity index (χ0n) is 16.7. The molecule has 5 heteroatoms. The third-order valence-corrected chi connectivity index (χ3v) is 7.63. The number of benzene rings is 2. The Hall–Kier alpha value is -2.40. The molecule has 1 heterocycles. The van der Waals surface area contributed by atoms with Crippen LogP contribution in [0.1, 0.15) is 42.3 Å². The molecule has 0 saturated carbocycles. The molecule has 2 aromatic carbocycles. The van der Waals surface area contributed by atoms with E-state index < -0.39 is 14.6 Å². The molecule has 0 aromatic heterocycles. The average Bonchev–Trinajstić information content (AvgIpc) is 3.16. The Morgan fingerprint density at radius 3 is 1.96 bits per heavy atom. The number of hydrogen-bond acceptors (Lipinski definition) is 4. The third kappa shape index (κ3) is 4.71. The number of rotatable bonds is 6. The van der Waals surface area contributed by atoms with Crippen LogP contribution < -0.4 is 4.90 Å². The Kier molecular flexibility index (Phi) is 5.75. The van der Waals surface area contributed by atoms with E-state index in [-0.39, 0.29) is 11.5 Å². The summed E-state index contributed by atoms with van der Waals surface area (Å²) >= 11 is 0. The fraction of sp³-hybridized carbons (Fsp3) is 0.348. The van der Waals surface area contributed by atoms with Crippen LogP contribution >= 0.6 is 0 Å². The van der Waals surface area contributed by atoms with Crippen LogP contribution in [0.3, 0.4) is 0 Å². The van der Waals surface area contributed by atoms with Gasteiger partial charge < -0.3 is 4.90 Å². The van der Waals surface area contributed by atoms with Gasteiger partial charge in [-0.05, 0) is 44.0 Å². The number of ketones is 1. The first-order chi connectivity index (χ1) is 13.2. The van der Waals surface area contributed by atoms with Gasteiger partial charge >= 0.3 is 0 Å². The van der Waals surface area contributed by atoms with E-state index in [1.54, 1.807) is 45.0 Å². The van der Waals surface area contributed by atoms with E-state index in [9.17, 15) is 13.2 Å². The zero-order valence-corrected chi connectivity index (χ0v) is 17.5. The van der Waals surface area contributed by atoms with Crippen molar-refractivity contribution in [1.82, 2.24) is 0 Å². The topological polar surface area (TPSA) is 54.5 Å². The van der Waals surface area contributed by atoms with E-state index in [1.807, 2.05) is 12.1 Å². The van der Waals surface area contributed by atoms with Crippen LogP contribution in [-0.4, -0.2) is 32.0 Å². The molecule has 0 spiro atoms. The lowest BCUT2D eigenvalue weighted by Gasteiger charge is -2.19. The van der Waals surface area contributed by atoms with Crippen molar-refractivity contribution < 1.29 is 13.2 Å². The lowest BCUT2D eigenvalue weighted by molar-refractivity contribution is 0.0993. The minimum atomic E-state index is -3.24. The van der Waals surface area contributed by atoms with Gasteiger partial charge in [-0.1, -0.05) is 48.6 Å². The maximum Gasteiger partial charge on any atom is 0.167 e. The summed E-state index contributed by atoms with van der Waals surface area (Å²) in [4.78, 5) is 14.8. The molecule has 0 saturated heterocycles. The molecular weight excluding hydrogens is 370 g/mol. The van der Waals surface area contributed by atoms with Crippen LogP contribution in [-0.2, 0) is 22.0 Å². The normalized spacial score (nSPS) is 14.5. The lowest BCUT2D eigenvalue weighted by Crippen LogP contribution is -2.29. The summed E-state index contributed by atoms with van der Waals surface area (Å²) in [5.41, 5.74) is 3.44. The number of anilines is 1. The highest BCUT2D eigenvalue weighted by Gasteiger charge is 2.28. The van der Waals surface area contributed by atoms with Crippen molar-refractivity contribution in [2.24, 2.45) is 0 Å². The second kappa shape index (κ2) is 7.92. The Morgan fingerprint density at radius 2 is 1.43 bits per heavy atom. The van der Waals surface area contributed by atoms with Gasteiger partial charge in [-0.15, -0.1) is 0 Å². The van der Waals surface area contributed by atoms with Crippen LogP contribution in [0.5, 0.6) is 0 Å². The quantitative estimate of drug-likeness (QED) is 0.541. The van der Waals surface area contributed by atoms with Crippen molar-refractivity contribution in [2.45, 2.75) is 37.7 Å². The summed E-state index contributed by atoms with van der Waals surface area (Å²) in [6.07, 6.45) is 4.62. The third-order valence-electron chi connectivity index (χ3n) is 5.05. The smallest absolute Gasteiger partial charge is 0.167 e. The molecule has 0 N–H and O–H groups in total. The summed E-state index contributed by atoms with van der Waals surface area (Å²) in [6, 6.07) is 15.0. The van der Waals surface area contributed by atoms with Gasteiger partial charge in [-0.2, -0.15) is 0 Å². The number of sulfone groups is 1. The maximum atomic E-state index is 12.6. The van der Waals surface area contributed by atoms with E-state index in [0.29, 0.717) is 17.5 Å². The molecule has 1 aliphatic heterocycles. The Bertz CT molecular complexity index is 958. The first-order valence-corrected chi connectivity index (χ1v) is 11.1. The van der Waals surface area contributed by atoms with Crippen molar-refractivity contribution in [1.29, 1.82) is 0 Å². The lowest BCUT2D eigenvalue weighted by atomic mass is 10.0. The van der Waals surface area contributed by atoms with Gasteiger partial charge in [0.25, 0.3) is 0 Å². The number of carbonyl (C=O) groups is 1. The van der Waals surface area contributed by atoms with E-state index in [2.05, 4.69) is 29.2 Å². The van der Waals surface area contributed by atoms with Crippen LogP contribution in [0, 0.1) is 0 Å². The van der Waals surface area contributed by atoms with Gasteiger partial charge in [0, 0.05) is 30.8 Å². The molecule has 2 aromatic rings. The van der Waals surface area contributed by atoms with Crippen molar-refractivity contribution in [3.05, 3.63) is 77.4 Å². The van der Waals surface area contributed by atoms with E-state index in [4.69, 9.17) is 0 Å². The minimum Gasteiger partial charge on any atom is -0.364 e. The van der Waals surface area contributed by atoms with Gasteiger partial charge in [-0.25, -0.2) is 8.42 Å². The summed E-state index contributed by atoms with van der Waals surface area (Å²) in [5, 5.41) is 0. The van der Waals surface area contributed by atoms with Gasteiger partial charge in [0.05, 0.1) is 10.5 Å². The highest BCUT2D eigenvalue weighted by Crippen LogP contribution is 2.22. The van der Waals surface area contributed by atoms with Crippen LogP contribution in [0.25, 0.3) is 0 Å². The largest absolute Gasteiger partial charge is 0.364 e. The number of hydrogen-bond donors (Lipinski definition) is 0. The fourth-order valence-corrected chi connectivity index (χ4v) is 4.09. The van der Waals surface area contributed by atoms with Gasteiger partial charge in [0.2, 0.25) is 0 Å². The monoisotopic (exact) mass is 397 g/mol. The van der Waals surface area contributed by atoms with E-state index in [1.165, 1.54) is 0 Å². The second-order valence-corrected chi connectivity index (χ2v) is 11.0. The Morgan fingerprint density at radius 1 is 0.893 bits per heavy atom. The van der Waals surface area contributed by atoms with Crippen LogP contribution in [0.2, 0.25) is 0 Å². The predicted molar refractivity (Wildman–Crippen MR) is 115 cm³/mol. The molecule has 0 atom stereocenters. The first-order valence-electron chi connectivity index (χ1n) is 9.49. The number of carbonyl (C=O) groups excluding carboxylic acids is 1. The summed E-state index contributed by atoms with van der Waals surface area (Å²) in [6.45, 7) is 6.95. The molecule has 4 nitrogen and oxygen atoms in total. The molecule has 148 valence electrons. The van der Waals surface area contributed by atoms with Crippen molar-refractivity contribution in [3.8, 4) is 0 Å². The minimum absolute atomic E-state index is 0.0161. The summed E-state index contributed by atoms with van der Waals surface area (Å²) in [5.74, 6) is 0.0125. The Balaban J connectivity index is 1.63. The fourth-order valence-electron chi connectivity index (χ4n) is 3.02. The molecule has 1 aliphatic rings. The van der Waals surface area contributed by atoms with Gasteiger partial charge in [0.1, 0.15) is 0 Å². The SMILES string of the molecule is CC(C)(C)S(=O)(=O)Cc1ccc(C(=O)Cc2ccc(N3CC=CC3)cc2)cc1. The van der Waals surface area contributed by atoms with Gasteiger partial charge in [-0.3, -0.25) is 4.79 Å². The van der Waals surface area contributed by atoms with Crippen molar-refractivity contribution >= 4 is 21.3 Å². The molecule has 3 rings (SSSR count). The molecule has 0 fully saturated rings. The molecule has 0 radical (unpaired) electrons. The maximum absolute atomic E-state index is 12.6. The molecule has 0 unspecified atom stereocenters. The summed E-state index contributed by atoms with van der Waals surface area (Å²) < 4.78 is 23.9. The van der Waals surface area contributed by atoms with Crippen molar-refractivity contribution in [3.63, 3.8) is 0 Å². The molecule has 0 aliphatic carbocycles. The highest BCUT2D eigenvalue weighted by atomic mass is 32.2. The van der Waals surface area contributed by atoms with E-state index in [0.717, 1.165) is 24.3 Å². The zero-order chi connectivity index (χ0) is 20.4. The number of nitrogens with zero attached hydrogens (tertiary/aromatic N) is 1. The summed E-state index contributed by atoms with van der Waals surface area (Å²) in [7, 11) is -3.24. The van der Waals surface area contributed by atoms with Crippen LogP contribution in [0.4, 0.5) is 5.69 Å². The average molecular weight is 398 g/mol. The van der Waals surface area contributed by atoms with Gasteiger partial charge in [0.15, 0.2) is 15.6 Å². The number of Topliss-reactive ketones (excluding diaryl/α,β-unsaturated/α-hetero) is 1. The van der Waals surface area contributed by atoms with Crippen LogP contribution in [0.15, 0.2) is 60.7 Å². The molecule has 28 heavy (non-hydrogen) atoms. The molecule has 0 bridgehead atoms. The predicted octanol–water partition coefficient (Wildman–Crippen LogP) is 4.20. The second-order valence-electron chi connectivity index (χ2n) is 8.21. The highest BCUT2D eigenvalue weighted by molar-refractivity contribution is 7.91. The standard InChI is InChI=1S/C23H27NO3S/c1-23(2,3)28(26,27)17-19-6-10-20(11-7-19)22(25)16-18-8-12-21(13-9-18)24-14-4-5-15-24/h4-13H,14-17H2,1-3H3. The molecular formula is C23H27NO3S. The van der Waals surface area contributed by atoms with E-state index >= 15 is 0 Å². The van der Waals surface area contributed by atoms with Crippen molar-refractivity contribution in [2.75, 3.05) is 18.0 Å². The Labute approximate surface area is 167 Å². The first kappa shape index (κ1) is 20.3. The molecule has 0 amide bonds.